The van der Waals surface area contributed by atoms with Gasteiger partial charge in [-0.1, -0.05) is 35.9 Å². The van der Waals surface area contributed by atoms with Crippen molar-refractivity contribution in [2.45, 2.75) is 31.6 Å². The van der Waals surface area contributed by atoms with Crippen LogP contribution in [0.3, 0.4) is 0 Å². The van der Waals surface area contributed by atoms with Crippen molar-refractivity contribution in [1.82, 2.24) is 19.5 Å². The second-order valence-electron chi connectivity index (χ2n) is 8.63. The number of amides is 1. The fourth-order valence-corrected chi connectivity index (χ4v) is 5.17. The highest BCUT2D eigenvalue weighted by Gasteiger charge is 2.24. The van der Waals surface area contributed by atoms with Crippen LogP contribution >= 0.6 is 0 Å². The summed E-state index contributed by atoms with van der Waals surface area (Å²) >= 11 is 0. The summed E-state index contributed by atoms with van der Waals surface area (Å²) in [6, 6.07) is 16.4. The van der Waals surface area contributed by atoms with Crippen molar-refractivity contribution in [1.29, 1.82) is 0 Å². The summed E-state index contributed by atoms with van der Waals surface area (Å²) in [5, 5.41) is 8.86. The molecule has 184 valence electrons. The van der Waals surface area contributed by atoms with E-state index in [9.17, 15) is 13.2 Å². The molecule has 1 aliphatic heterocycles. The molecule has 4 rings (SSSR count). The maximum atomic E-state index is 12.7. The van der Waals surface area contributed by atoms with Crippen LogP contribution in [-0.2, 0) is 14.8 Å². The molecule has 1 fully saturated rings. The predicted octanol–water partition coefficient (Wildman–Crippen LogP) is 2.86. The van der Waals surface area contributed by atoms with Gasteiger partial charge < -0.3 is 4.90 Å². The Morgan fingerprint density at radius 2 is 1.74 bits per heavy atom. The van der Waals surface area contributed by atoms with Gasteiger partial charge in [0.05, 0.1) is 34.6 Å². The van der Waals surface area contributed by atoms with Crippen molar-refractivity contribution in [3.63, 3.8) is 0 Å². The van der Waals surface area contributed by atoms with Crippen molar-refractivity contribution in [2.75, 3.05) is 31.6 Å². The number of hydrazone groups is 1. The van der Waals surface area contributed by atoms with Crippen molar-refractivity contribution in [3.8, 4) is 5.69 Å². The fourth-order valence-electron chi connectivity index (χ4n) is 4.04. The lowest BCUT2D eigenvalue weighted by Crippen LogP contribution is -2.36. The van der Waals surface area contributed by atoms with Gasteiger partial charge in [0, 0.05) is 20.1 Å². The van der Waals surface area contributed by atoms with E-state index >= 15 is 0 Å². The lowest BCUT2D eigenvalue weighted by Gasteiger charge is -2.20. The molecule has 0 spiro atoms. The Morgan fingerprint density at radius 1 is 1.09 bits per heavy atom. The number of likely N-dealkylation sites (N-methyl/N-ethyl adjacent to an activating group) is 1. The van der Waals surface area contributed by atoms with Gasteiger partial charge in [-0.3, -0.25) is 4.79 Å². The first-order valence-electron chi connectivity index (χ1n) is 11.5. The van der Waals surface area contributed by atoms with Crippen molar-refractivity contribution in [2.24, 2.45) is 5.10 Å². The highest BCUT2D eigenvalue weighted by atomic mass is 32.2. The molecule has 1 aliphatic rings. The Labute approximate surface area is 206 Å². The van der Waals surface area contributed by atoms with Gasteiger partial charge in [-0.25, -0.2) is 18.5 Å². The van der Waals surface area contributed by atoms with Crippen LogP contribution in [-0.4, -0.2) is 61.3 Å². The SMILES string of the molecule is Cc1ccc(S(=O)(=O)N(C)CC(=O)N/N=C/c2c(C)nn(-c3ccccc3)c2N2CCCC2)cc1. The number of carbonyl (C=O) groups excluding carboxylic acids is 1. The van der Waals surface area contributed by atoms with Gasteiger partial charge in [-0.15, -0.1) is 0 Å². The molecular weight excluding hydrogens is 464 g/mol. The highest BCUT2D eigenvalue weighted by molar-refractivity contribution is 7.89. The number of anilines is 1. The van der Waals surface area contributed by atoms with Crippen molar-refractivity contribution < 1.29 is 13.2 Å². The Bertz CT molecular complexity index is 1310. The number of nitrogens with one attached hydrogen (secondary N) is 1. The Hall–Kier alpha value is -3.50. The summed E-state index contributed by atoms with van der Waals surface area (Å²) in [4.78, 5) is 14.9. The summed E-state index contributed by atoms with van der Waals surface area (Å²) in [7, 11) is -2.41. The standard InChI is InChI=1S/C25H30N6O3S/c1-19-11-13-22(14-12-19)35(33,34)29(3)18-24(32)27-26-17-23-20(2)28-31(21-9-5-4-6-10-21)25(23)30-15-7-8-16-30/h4-6,9-14,17H,7-8,15-16,18H2,1-3H3,(H,27,32)/b26-17+. The minimum atomic E-state index is -3.78. The van der Waals surface area contributed by atoms with E-state index in [2.05, 4.69) is 15.4 Å². The average Bonchev–Trinajstić information content (AvgIpc) is 3.48. The normalized spacial score (nSPS) is 14.2. The topological polar surface area (TPSA) is 99.9 Å². The van der Waals surface area contributed by atoms with E-state index in [-0.39, 0.29) is 11.4 Å². The van der Waals surface area contributed by atoms with Gasteiger partial charge in [0.15, 0.2) is 0 Å². The Morgan fingerprint density at radius 3 is 2.40 bits per heavy atom. The van der Waals surface area contributed by atoms with Gasteiger partial charge in [-0.2, -0.15) is 14.5 Å². The van der Waals surface area contributed by atoms with Gasteiger partial charge in [-0.05, 0) is 51.0 Å². The highest BCUT2D eigenvalue weighted by Crippen LogP contribution is 2.29. The molecule has 2 aromatic carbocycles. The molecule has 0 bridgehead atoms. The molecule has 1 amide bonds. The zero-order chi connectivity index (χ0) is 25.0. The predicted molar refractivity (Wildman–Crippen MR) is 136 cm³/mol. The van der Waals surface area contributed by atoms with Gasteiger partial charge in [0.25, 0.3) is 5.91 Å². The van der Waals surface area contributed by atoms with Gasteiger partial charge in [0.1, 0.15) is 5.82 Å². The Balaban J connectivity index is 1.49. The summed E-state index contributed by atoms with van der Waals surface area (Å²) in [5.74, 6) is 0.401. The molecular formula is C25H30N6O3S. The van der Waals surface area contributed by atoms with Crippen LogP contribution in [0.15, 0.2) is 64.6 Å². The molecule has 3 aromatic rings. The van der Waals surface area contributed by atoms with Crippen molar-refractivity contribution >= 4 is 28.0 Å². The number of aryl methyl sites for hydroxylation is 2. The number of benzene rings is 2. The molecule has 35 heavy (non-hydrogen) atoms. The molecule has 0 radical (unpaired) electrons. The molecule has 0 aliphatic carbocycles. The fraction of sp³-hybridized carbons (Fsp3) is 0.320. The summed E-state index contributed by atoms with van der Waals surface area (Å²) < 4.78 is 28.4. The molecule has 0 saturated carbocycles. The molecule has 0 unspecified atom stereocenters. The third kappa shape index (κ3) is 5.44. The molecule has 2 heterocycles. The quantitative estimate of drug-likeness (QED) is 0.383. The van der Waals surface area contributed by atoms with Crippen LogP contribution in [0.4, 0.5) is 5.82 Å². The second-order valence-corrected chi connectivity index (χ2v) is 10.7. The number of carbonyl (C=O) groups is 1. The van der Waals surface area contributed by atoms with E-state index in [1.807, 2.05) is 48.9 Å². The van der Waals surface area contributed by atoms with Crippen LogP contribution in [0.2, 0.25) is 0 Å². The molecule has 1 saturated heterocycles. The third-order valence-corrected chi connectivity index (χ3v) is 7.78. The number of sulfonamides is 1. The molecule has 1 N–H and O–H groups in total. The first-order chi connectivity index (χ1) is 16.8. The lowest BCUT2D eigenvalue weighted by atomic mass is 10.2. The van der Waals surface area contributed by atoms with Crippen molar-refractivity contribution in [3.05, 3.63) is 71.4 Å². The van der Waals surface area contributed by atoms with Crippen LogP contribution in [0.25, 0.3) is 5.69 Å². The zero-order valence-electron chi connectivity index (χ0n) is 20.2. The zero-order valence-corrected chi connectivity index (χ0v) is 21.0. The summed E-state index contributed by atoms with van der Waals surface area (Å²) in [6.07, 6.45) is 3.80. The van der Waals surface area contributed by atoms with Crippen LogP contribution in [0.1, 0.15) is 29.7 Å². The first kappa shape index (κ1) is 24.6. The van der Waals surface area contributed by atoms with Crippen LogP contribution in [0.5, 0.6) is 0 Å². The number of rotatable bonds is 8. The van der Waals surface area contributed by atoms with Gasteiger partial charge >= 0.3 is 0 Å². The smallest absolute Gasteiger partial charge is 0.255 e. The maximum absolute atomic E-state index is 12.7. The summed E-state index contributed by atoms with van der Waals surface area (Å²) in [6.45, 7) is 5.28. The van der Waals surface area contributed by atoms with Crippen LogP contribution in [0, 0.1) is 13.8 Å². The molecule has 0 atom stereocenters. The Kier molecular flexibility index (Phi) is 7.32. The van der Waals surface area contributed by atoms with E-state index in [0.29, 0.717) is 0 Å². The molecule has 1 aromatic heterocycles. The van der Waals surface area contributed by atoms with E-state index in [1.54, 1.807) is 18.3 Å². The van der Waals surface area contributed by atoms with E-state index < -0.39 is 15.9 Å². The largest absolute Gasteiger partial charge is 0.356 e. The lowest BCUT2D eigenvalue weighted by molar-refractivity contribution is -0.121. The average molecular weight is 495 g/mol. The van der Waals surface area contributed by atoms with E-state index in [0.717, 1.165) is 58.6 Å². The van der Waals surface area contributed by atoms with E-state index in [1.165, 1.54) is 19.2 Å². The monoisotopic (exact) mass is 494 g/mol. The number of aromatic nitrogens is 2. The summed E-state index contributed by atoms with van der Waals surface area (Å²) in [5.41, 5.74) is 5.96. The first-order valence-corrected chi connectivity index (χ1v) is 13.0. The minimum absolute atomic E-state index is 0.140. The number of hydrogen-bond acceptors (Lipinski definition) is 6. The minimum Gasteiger partial charge on any atom is -0.356 e. The van der Waals surface area contributed by atoms with Crippen LogP contribution < -0.4 is 10.3 Å². The number of hydrogen-bond donors (Lipinski definition) is 1. The molecule has 10 heteroatoms. The molecule has 9 nitrogen and oxygen atoms in total. The maximum Gasteiger partial charge on any atom is 0.255 e. The number of para-hydroxylation sites is 1. The number of nitrogens with zero attached hydrogens (tertiary/aromatic N) is 5. The van der Waals surface area contributed by atoms with E-state index in [4.69, 9.17) is 5.10 Å². The third-order valence-electron chi connectivity index (χ3n) is 5.97. The second kappa shape index (κ2) is 10.4. The van der Waals surface area contributed by atoms with Gasteiger partial charge in [0.2, 0.25) is 10.0 Å².